The van der Waals surface area contributed by atoms with Gasteiger partial charge in [0.1, 0.15) is 17.6 Å². The molecule has 2 unspecified atom stereocenters. The van der Waals surface area contributed by atoms with E-state index in [0.29, 0.717) is 0 Å². The zero-order valence-corrected chi connectivity index (χ0v) is 12.7. The molecule has 20 heavy (non-hydrogen) atoms. The highest BCUT2D eigenvalue weighted by atomic mass is 16.5. The average molecular weight is 277 g/mol. The fourth-order valence-electron chi connectivity index (χ4n) is 3.03. The number of benzene rings is 1. The van der Waals surface area contributed by atoms with E-state index in [9.17, 15) is 0 Å². The lowest BCUT2D eigenvalue weighted by Crippen LogP contribution is -2.46. The van der Waals surface area contributed by atoms with Gasteiger partial charge in [-0.05, 0) is 32.9 Å². The van der Waals surface area contributed by atoms with Crippen LogP contribution in [0.15, 0.2) is 12.1 Å². The third-order valence-corrected chi connectivity index (χ3v) is 3.94. The van der Waals surface area contributed by atoms with E-state index in [1.54, 1.807) is 7.11 Å². The minimum absolute atomic E-state index is 0.00138. The summed E-state index contributed by atoms with van der Waals surface area (Å²) < 4.78 is 17.6. The van der Waals surface area contributed by atoms with Gasteiger partial charge in [-0.3, -0.25) is 0 Å². The van der Waals surface area contributed by atoms with Crippen LogP contribution in [0.2, 0.25) is 0 Å². The maximum absolute atomic E-state index is 6.19. The molecule has 0 amide bonds. The van der Waals surface area contributed by atoms with E-state index < -0.39 is 0 Å². The molecule has 0 aromatic heterocycles. The van der Waals surface area contributed by atoms with Crippen LogP contribution in [0.1, 0.15) is 38.0 Å². The Morgan fingerprint density at radius 2 is 2.15 bits per heavy atom. The molecule has 2 aliphatic rings. The molecular formula is C16H23NO3. The normalized spacial score (nSPS) is 27.8. The Kier molecular flexibility index (Phi) is 3.38. The molecule has 1 fully saturated rings. The van der Waals surface area contributed by atoms with Gasteiger partial charge in [0.15, 0.2) is 0 Å². The summed E-state index contributed by atoms with van der Waals surface area (Å²) in [6.07, 6.45) is 1.19. The second kappa shape index (κ2) is 4.93. The van der Waals surface area contributed by atoms with Crippen molar-refractivity contribution in [1.82, 2.24) is 5.32 Å². The van der Waals surface area contributed by atoms with E-state index in [1.165, 1.54) is 5.56 Å². The first-order valence-corrected chi connectivity index (χ1v) is 7.24. The average Bonchev–Trinajstić information content (AvgIpc) is 2.75. The van der Waals surface area contributed by atoms with E-state index >= 15 is 0 Å². The molecule has 0 saturated carbocycles. The number of morpholine rings is 1. The predicted molar refractivity (Wildman–Crippen MR) is 77.6 cm³/mol. The van der Waals surface area contributed by atoms with Gasteiger partial charge >= 0.3 is 0 Å². The number of hydrogen-bond donors (Lipinski definition) is 1. The van der Waals surface area contributed by atoms with Crippen molar-refractivity contribution < 1.29 is 14.2 Å². The molecule has 0 radical (unpaired) electrons. The summed E-state index contributed by atoms with van der Waals surface area (Å²) >= 11 is 0. The zero-order chi connectivity index (χ0) is 14.3. The van der Waals surface area contributed by atoms with E-state index in [4.69, 9.17) is 14.2 Å². The molecule has 2 heterocycles. The number of ether oxygens (including phenoxy) is 3. The minimum Gasteiger partial charge on any atom is -0.496 e. The molecule has 2 aliphatic heterocycles. The van der Waals surface area contributed by atoms with Crippen molar-refractivity contribution in [1.29, 1.82) is 0 Å². The van der Waals surface area contributed by atoms with Gasteiger partial charge in [-0.15, -0.1) is 0 Å². The van der Waals surface area contributed by atoms with Crippen LogP contribution in [0.3, 0.4) is 0 Å². The van der Waals surface area contributed by atoms with Crippen molar-refractivity contribution >= 4 is 0 Å². The van der Waals surface area contributed by atoms with Crippen LogP contribution in [-0.2, 0) is 11.2 Å². The van der Waals surface area contributed by atoms with Crippen LogP contribution in [0.25, 0.3) is 0 Å². The summed E-state index contributed by atoms with van der Waals surface area (Å²) in [5.74, 6) is 1.87. The molecule has 0 aliphatic carbocycles. The third-order valence-electron chi connectivity index (χ3n) is 3.94. The summed E-state index contributed by atoms with van der Waals surface area (Å²) in [6, 6.07) is 4.19. The lowest BCUT2D eigenvalue weighted by Gasteiger charge is -2.37. The Morgan fingerprint density at radius 3 is 2.85 bits per heavy atom. The van der Waals surface area contributed by atoms with Crippen LogP contribution in [-0.4, -0.2) is 31.9 Å². The molecule has 1 aromatic rings. The maximum atomic E-state index is 6.19. The van der Waals surface area contributed by atoms with E-state index in [1.807, 2.05) is 0 Å². The van der Waals surface area contributed by atoms with Crippen molar-refractivity contribution in [2.75, 3.05) is 20.2 Å². The third kappa shape index (κ3) is 2.50. The Hall–Kier alpha value is -1.26. The minimum atomic E-state index is -0.166. The van der Waals surface area contributed by atoms with Crippen molar-refractivity contribution in [3.63, 3.8) is 0 Å². The monoisotopic (exact) mass is 277 g/mol. The molecular weight excluding hydrogens is 254 g/mol. The van der Waals surface area contributed by atoms with E-state index in [-0.39, 0.29) is 17.8 Å². The maximum Gasteiger partial charge on any atom is 0.125 e. The van der Waals surface area contributed by atoms with Crippen LogP contribution in [0.4, 0.5) is 0 Å². The predicted octanol–water partition coefficient (Wildman–Crippen LogP) is 2.46. The molecule has 0 bridgehead atoms. The highest BCUT2D eigenvalue weighted by molar-refractivity contribution is 5.49. The van der Waals surface area contributed by atoms with Crippen LogP contribution in [0, 0.1) is 0 Å². The molecule has 1 aromatic carbocycles. The zero-order valence-electron chi connectivity index (χ0n) is 12.7. The Balaban J connectivity index is 1.95. The van der Waals surface area contributed by atoms with Crippen molar-refractivity contribution in [2.45, 2.75) is 45.0 Å². The van der Waals surface area contributed by atoms with Crippen molar-refractivity contribution in [2.24, 2.45) is 0 Å². The summed E-state index contributed by atoms with van der Waals surface area (Å²) in [5.41, 5.74) is 2.13. The molecule has 2 atom stereocenters. The Morgan fingerprint density at radius 1 is 1.35 bits per heavy atom. The van der Waals surface area contributed by atoms with Gasteiger partial charge in [0.2, 0.25) is 0 Å². The quantitative estimate of drug-likeness (QED) is 0.901. The van der Waals surface area contributed by atoms with Gasteiger partial charge in [-0.25, -0.2) is 0 Å². The molecule has 0 spiro atoms. The number of nitrogens with one attached hydrogen (secondary N) is 1. The first-order valence-electron chi connectivity index (χ1n) is 7.24. The molecule has 4 nitrogen and oxygen atoms in total. The largest absolute Gasteiger partial charge is 0.496 e. The van der Waals surface area contributed by atoms with Crippen molar-refractivity contribution in [3.05, 3.63) is 23.3 Å². The smallest absolute Gasteiger partial charge is 0.125 e. The SMILES string of the molecule is COc1cc2c(cc1C1CNCC(C)(C)O1)OC(C)C2. The lowest BCUT2D eigenvalue weighted by molar-refractivity contribution is -0.0965. The highest BCUT2D eigenvalue weighted by Gasteiger charge is 2.32. The van der Waals surface area contributed by atoms with Gasteiger partial charge in [0.25, 0.3) is 0 Å². The van der Waals surface area contributed by atoms with E-state index in [2.05, 4.69) is 38.2 Å². The molecule has 1 saturated heterocycles. The molecule has 4 heteroatoms. The summed E-state index contributed by atoms with van der Waals surface area (Å²) in [4.78, 5) is 0. The van der Waals surface area contributed by atoms with Gasteiger partial charge in [0.05, 0.1) is 18.8 Å². The number of fused-ring (bicyclic) bond motifs is 1. The number of methoxy groups -OCH3 is 1. The van der Waals surface area contributed by atoms with Gasteiger partial charge < -0.3 is 19.5 Å². The number of hydrogen-bond acceptors (Lipinski definition) is 4. The fraction of sp³-hybridized carbons (Fsp3) is 0.625. The Labute approximate surface area is 120 Å². The molecule has 110 valence electrons. The second-order valence-corrected chi connectivity index (χ2v) is 6.33. The van der Waals surface area contributed by atoms with Gasteiger partial charge in [0, 0.05) is 30.6 Å². The fourth-order valence-corrected chi connectivity index (χ4v) is 3.03. The standard InChI is InChI=1S/C16H23NO3/c1-10-5-11-6-14(18-4)12(7-13(11)19-10)15-8-17-9-16(2,3)20-15/h6-7,10,15,17H,5,8-9H2,1-4H3. The van der Waals surface area contributed by atoms with E-state index in [0.717, 1.165) is 36.6 Å². The summed E-state index contributed by atoms with van der Waals surface area (Å²) in [7, 11) is 1.71. The highest BCUT2D eigenvalue weighted by Crippen LogP contribution is 2.40. The Bertz CT molecular complexity index is 513. The second-order valence-electron chi connectivity index (χ2n) is 6.33. The van der Waals surface area contributed by atoms with Gasteiger partial charge in [-0.2, -0.15) is 0 Å². The molecule has 3 rings (SSSR count). The topological polar surface area (TPSA) is 39.7 Å². The van der Waals surface area contributed by atoms with Crippen LogP contribution < -0.4 is 14.8 Å². The van der Waals surface area contributed by atoms with Crippen LogP contribution >= 0.6 is 0 Å². The molecule has 1 N–H and O–H groups in total. The first-order chi connectivity index (χ1) is 9.48. The summed E-state index contributed by atoms with van der Waals surface area (Å²) in [5, 5.41) is 3.43. The summed E-state index contributed by atoms with van der Waals surface area (Å²) in [6.45, 7) is 7.96. The van der Waals surface area contributed by atoms with Gasteiger partial charge in [-0.1, -0.05) is 0 Å². The van der Waals surface area contributed by atoms with Crippen LogP contribution in [0.5, 0.6) is 11.5 Å². The first kappa shape index (κ1) is 13.7. The van der Waals surface area contributed by atoms with Crippen molar-refractivity contribution in [3.8, 4) is 11.5 Å². The lowest BCUT2D eigenvalue weighted by atomic mass is 9.99. The number of rotatable bonds is 2.